The molecule has 1 atom stereocenters. The van der Waals surface area contributed by atoms with Crippen molar-refractivity contribution in [1.82, 2.24) is 10.1 Å². The Labute approximate surface area is 151 Å². The maximum absolute atomic E-state index is 12.1. The third kappa shape index (κ3) is 2.23. The van der Waals surface area contributed by atoms with Crippen LogP contribution in [-0.4, -0.2) is 25.7 Å². The summed E-state index contributed by atoms with van der Waals surface area (Å²) in [5.41, 5.74) is -0.433. The number of benzene rings is 1. The number of H-pyrrole nitrogens is 2. The van der Waals surface area contributed by atoms with Gasteiger partial charge >= 0.3 is 0 Å². The van der Waals surface area contributed by atoms with E-state index >= 15 is 0 Å². The third-order valence-corrected chi connectivity index (χ3v) is 4.68. The van der Waals surface area contributed by atoms with Gasteiger partial charge in [0.05, 0.1) is 11.0 Å². The van der Waals surface area contributed by atoms with Crippen LogP contribution in [0.25, 0.3) is 10.9 Å². The summed E-state index contributed by atoms with van der Waals surface area (Å²) in [6.07, 6.45) is 2.38. The zero-order valence-corrected chi connectivity index (χ0v) is 14.2. The van der Waals surface area contributed by atoms with Gasteiger partial charge < -0.3 is 15.4 Å². The number of aromatic amines is 2. The summed E-state index contributed by atoms with van der Waals surface area (Å²) in [5.74, 6) is -1.15. The monoisotopic (exact) mass is 421 g/mol. The van der Waals surface area contributed by atoms with E-state index in [-0.39, 0.29) is 16.0 Å². The summed E-state index contributed by atoms with van der Waals surface area (Å²) >= 11 is 3.34. The normalized spacial score (nSPS) is 16.4. The second kappa shape index (κ2) is 5.56. The molecule has 1 unspecified atom stereocenters. The summed E-state index contributed by atoms with van der Waals surface area (Å²) in [7, 11) is 0. The van der Waals surface area contributed by atoms with Crippen molar-refractivity contribution in [2.24, 2.45) is 0 Å². The molecule has 0 saturated carbocycles. The van der Waals surface area contributed by atoms with Gasteiger partial charge in [-0.3, -0.25) is 10.1 Å². The van der Waals surface area contributed by atoms with Crippen LogP contribution < -0.4 is 4.60 Å². The molecule has 0 amide bonds. The van der Waals surface area contributed by atoms with Gasteiger partial charge in [0.25, 0.3) is 22.8 Å². The minimum atomic E-state index is -1.15. The summed E-state index contributed by atoms with van der Waals surface area (Å²) in [6, 6.07) is 5.30. The second-order valence-electron chi connectivity index (χ2n) is 5.55. The van der Waals surface area contributed by atoms with Crippen molar-refractivity contribution >= 4 is 32.5 Å². The molecular formula is C14H8BrN5O6. The largest absolute Gasteiger partial charge is 0.612 e. The van der Waals surface area contributed by atoms with Crippen molar-refractivity contribution in [3.63, 3.8) is 0 Å². The Hall–Kier alpha value is -3.41. The smallest absolute Gasteiger partial charge is 0.289 e. The van der Waals surface area contributed by atoms with Crippen molar-refractivity contribution in [2.75, 3.05) is 0 Å². The van der Waals surface area contributed by atoms with Gasteiger partial charge in [0, 0.05) is 21.6 Å². The molecule has 0 bridgehead atoms. The van der Waals surface area contributed by atoms with Crippen molar-refractivity contribution in [1.29, 1.82) is 0 Å². The number of halogens is 1. The Morgan fingerprint density at radius 3 is 2.73 bits per heavy atom. The van der Waals surface area contributed by atoms with E-state index in [9.17, 15) is 25.4 Å². The molecule has 1 aliphatic rings. The highest BCUT2D eigenvalue weighted by molar-refractivity contribution is 9.10. The lowest BCUT2D eigenvalue weighted by Gasteiger charge is -2.14. The number of hydrogen-bond acceptors (Lipinski definition) is 6. The molecule has 0 saturated heterocycles. The van der Waals surface area contributed by atoms with E-state index in [1.807, 2.05) is 0 Å². The van der Waals surface area contributed by atoms with E-state index in [1.54, 1.807) is 18.2 Å². The predicted octanol–water partition coefficient (Wildman–Crippen LogP) is 1.87. The van der Waals surface area contributed by atoms with Gasteiger partial charge in [-0.05, 0) is 28.7 Å². The number of allylic oxidation sites excluding steroid dienone is 2. The van der Waals surface area contributed by atoms with Crippen LogP contribution in [0.15, 0.2) is 45.3 Å². The van der Waals surface area contributed by atoms with Gasteiger partial charge in [-0.2, -0.15) is 4.90 Å². The van der Waals surface area contributed by atoms with Gasteiger partial charge in [-0.1, -0.05) is 25.7 Å². The Balaban J connectivity index is 2.08. The molecule has 12 heteroatoms. The van der Waals surface area contributed by atoms with Crippen LogP contribution in [0.3, 0.4) is 0 Å². The van der Waals surface area contributed by atoms with Gasteiger partial charge in [-0.25, -0.2) is 0 Å². The fraction of sp³-hybridized carbons (Fsp3) is 0.0714. The Morgan fingerprint density at radius 1 is 1.27 bits per heavy atom. The molecule has 0 aliphatic heterocycles. The van der Waals surface area contributed by atoms with Crippen LogP contribution in [0.1, 0.15) is 22.9 Å². The molecule has 2 aromatic heterocycles. The highest BCUT2D eigenvalue weighted by atomic mass is 79.9. The van der Waals surface area contributed by atoms with Gasteiger partial charge in [0.2, 0.25) is 0 Å². The third-order valence-electron chi connectivity index (χ3n) is 4.19. The standard InChI is InChI=1S/C14H8BrN5O6/c15-6-1-2-9-7(3-6)8(5-16-9)12-10(18(21)22)4-11(19(23)24)13-14(12)20(25)26-17-13/h1-5,12,16-17H. The molecule has 26 heavy (non-hydrogen) atoms. The predicted molar refractivity (Wildman–Crippen MR) is 90.4 cm³/mol. The number of nitro groups is 1. The molecule has 2 N–H and O–H groups in total. The molecule has 0 fully saturated rings. The molecule has 11 nitrogen and oxygen atoms in total. The summed E-state index contributed by atoms with van der Waals surface area (Å²) in [5, 5.41) is 36.9. The molecule has 3 aromatic rings. The van der Waals surface area contributed by atoms with Crippen LogP contribution in [0.4, 0.5) is 0 Å². The molecule has 1 aliphatic carbocycles. The van der Waals surface area contributed by atoms with E-state index in [2.05, 4.69) is 30.7 Å². The molecular weight excluding hydrogens is 414 g/mol. The first-order valence-corrected chi connectivity index (χ1v) is 7.96. The van der Waals surface area contributed by atoms with Gasteiger partial charge in [0.15, 0.2) is 10.5 Å². The van der Waals surface area contributed by atoms with Gasteiger partial charge in [0.1, 0.15) is 0 Å². The summed E-state index contributed by atoms with van der Waals surface area (Å²) in [4.78, 5) is 25.2. The molecule has 132 valence electrons. The molecule has 2 heterocycles. The van der Waals surface area contributed by atoms with E-state index in [0.717, 1.165) is 10.5 Å². The van der Waals surface area contributed by atoms with Crippen LogP contribution in [0, 0.1) is 25.4 Å². The highest BCUT2D eigenvalue weighted by Crippen LogP contribution is 2.39. The lowest BCUT2D eigenvalue weighted by atomic mass is 9.86. The van der Waals surface area contributed by atoms with E-state index in [0.29, 0.717) is 16.5 Å². The maximum Gasteiger partial charge on any atom is 0.289 e. The lowest BCUT2D eigenvalue weighted by Crippen LogP contribution is -2.30. The molecule has 4 rings (SSSR count). The second-order valence-corrected chi connectivity index (χ2v) is 6.46. The minimum absolute atomic E-state index is 0.0246. The first-order chi connectivity index (χ1) is 12.4. The van der Waals surface area contributed by atoms with E-state index in [1.165, 1.54) is 6.20 Å². The SMILES string of the molecule is O=[N+]([O-])C1=CC(=[N+]([O-])[O-])c2[nH]o[n+](=O)c2C1c1c[nH]c2ccc(Br)cc12. The van der Waals surface area contributed by atoms with Crippen LogP contribution >= 0.6 is 15.9 Å². The number of nitrogens with zero attached hydrogens (tertiary/aromatic N) is 3. The van der Waals surface area contributed by atoms with Crippen LogP contribution in [0.2, 0.25) is 0 Å². The number of fused-ring (bicyclic) bond motifs is 2. The maximum atomic E-state index is 12.1. The van der Waals surface area contributed by atoms with Crippen LogP contribution in [-0.2, 0) is 0 Å². The number of nitrogens with one attached hydrogen (secondary N) is 2. The van der Waals surface area contributed by atoms with Crippen molar-refractivity contribution < 1.29 is 19.1 Å². The highest BCUT2D eigenvalue weighted by Gasteiger charge is 2.48. The number of rotatable bonds is 2. The average Bonchev–Trinajstić information content (AvgIpc) is 3.17. The van der Waals surface area contributed by atoms with E-state index < -0.39 is 27.2 Å². The Bertz CT molecular complexity index is 1180. The minimum Gasteiger partial charge on any atom is -0.612 e. The molecule has 0 spiro atoms. The first-order valence-electron chi connectivity index (χ1n) is 7.17. The molecule has 0 radical (unpaired) electrons. The Kier molecular flexibility index (Phi) is 3.44. The van der Waals surface area contributed by atoms with Crippen molar-refractivity contribution in [2.45, 2.75) is 5.92 Å². The number of aromatic nitrogens is 3. The zero-order valence-electron chi connectivity index (χ0n) is 12.6. The fourth-order valence-electron chi connectivity index (χ4n) is 3.11. The summed E-state index contributed by atoms with van der Waals surface area (Å²) in [6.45, 7) is 0. The number of hydrogen-bond donors (Lipinski definition) is 2. The zero-order chi connectivity index (χ0) is 18.6. The van der Waals surface area contributed by atoms with Crippen LogP contribution in [0.5, 0.6) is 0 Å². The van der Waals surface area contributed by atoms with E-state index in [4.69, 9.17) is 0 Å². The summed E-state index contributed by atoms with van der Waals surface area (Å²) < 4.78 is 5.39. The average molecular weight is 422 g/mol. The van der Waals surface area contributed by atoms with Gasteiger partial charge in [-0.15, -0.1) is 0 Å². The first kappa shape index (κ1) is 16.1. The lowest BCUT2D eigenvalue weighted by molar-refractivity contribution is -0.720. The quantitative estimate of drug-likeness (QED) is 0.364. The topological polar surface area (TPSA) is 160 Å². The fourth-order valence-corrected chi connectivity index (χ4v) is 3.47. The Morgan fingerprint density at radius 2 is 2.04 bits per heavy atom. The van der Waals surface area contributed by atoms with Crippen molar-refractivity contribution in [3.05, 3.63) is 83.0 Å². The molecule has 1 aromatic carbocycles. The van der Waals surface area contributed by atoms with Crippen molar-refractivity contribution in [3.8, 4) is 0 Å².